The van der Waals surface area contributed by atoms with Crippen LogP contribution in [0.2, 0.25) is 0 Å². The van der Waals surface area contributed by atoms with Crippen LogP contribution in [-0.2, 0) is 54.3 Å². The van der Waals surface area contributed by atoms with Gasteiger partial charge in [0.15, 0.2) is 0 Å². The maximum absolute atomic E-state index is 14.5. The Hall–Kier alpha value is -8.28. The fourth-order valence-corrected chi connectivity index (χ4v) is 11.8. The number of fused-ring (bicyclic) bond motifs is 1. The van der Waals surface area contributed by atoms with Crippen LogP contribution in [0, 0.1) is 12.8 Å². The molecule has 2 aromatic carbocycles. The van der Waals surface area contributed by atoms with Crippen molar-refractivity contribution in [1.82, 2.24) is 55.7 Å². The highest BCUT2D eigenvalue weighted by Gasteiger charge is 2.46. The number of carboxylic acids is 3. The zero-order chi connectivity index (χ0) is 68.2. The summed E-state index contributed by atoms with van der Waals surface area (Å²) in [6.07, 6.45) is 7.80. The van der Waals surface area contributed by atoms with Crippen molar-refractivity contribution < 1.29 is 81.5 Å². The number of likely N-dealkylation sites (tertiary alicyclic amines) is 2. The molecule has 516 valence electrons. The molecule has 29 heteroatoms. The minimum absolute atomic E-state index is 0.0673. The molecule has 3 aliphatic heterocycles. The number of amides is 6. The van der Waals surface area contributed by atoms with Crippen molar-refractivity contribution in [2.75, 3.05) is 132 Å². The number of nitrogens with one attached hydrogen (secondary N) is 4. The zero-order valence-corrected chi connectivity index (χ0v) is 54.1. The van der Waals surface area contributed by atoms with E-state index in [0.717, 1.165) is 42.4 Å². The molecule has 27 nitrogen and oxygen atoms in total. The molecule has 0 radical (unpaired) electrons. The second kappa shape index (κ2) is 38.2. The molecule has 3 saturated heterocycles. The summed E-state index contributed by atoms with van der Waals surface area (Å²) in [5, 5.41) is 40.5. The fraction of sp³-hybridized carbons (Fsp3) is 0.600. The molecule has 6 rings (SSSR count). The summed E-state index contributed by atoms with van der Waals surface area (Å²) < 4.78 is 39.4. The number of halogens is 2. The quantitative estimate of drug-likeness (QED) is 0.0261. The summed E-state index contributed by atoms with van der Waals surface area (Å²) in [6, 6.07) is 11.3. The Bertz CT molecular complexity index is 3050. The van der Waals surface area contributed by atoms with Crippen molar-refractivity contribution in [2.45, 2.75) is 114 Å². The van der Waals surface area contributed by atoms with Gasteiger partial charge >= 0.3 is 23.9 Å². The molecule has 7 N–H and O–H groups in total. The van der Waals surface area contributed by atoms with Crippen molar-refractivity contribution in [1.29, 1.82) is 0 Å². The van der Waals surface area contributed by atoms with E-state index in [4.69, 9.17) is 9.47 Å². The van der Waals surface area contributed by atoms with Gasteiger partial charge in [0.25, 0.3) is 11.8 Å². The number of methoxy groups -OCH3 is 1. The molecule has 1 aromatic heterocycles. The number of unbranched alkanes of at least 4 members (excludes halogenated alkanes) is 2. The molecule has 94 heavy (non-hydrogen) atoms. The van der Waals surface area contributed by atoms with Gasteiger partial charge in [0.2, 0.25) is 29.5 Å². The number of aliphatic carboxylic acids is 3. The Kier molecular flexibility index (Phi) is 30.4. The van der Waals surface area contributed by atoms with Crippen LogP contribution < -0.4 is 26.0 Å². The van der Waals surface area contributed by atoms with Crippen molar-refractivity contribution in [3.63, 3.8) is 0 Å². The highest BCUT2D eigenvalue weighted by atomic mass is 19.3. The van der Waals surface area contributed by atoms with Gasteiger partial charge in [-0.1, -0.05) is 36.2 Å². The van der Waals surface area contributed by atoms with Crippen LogP contribution in [0.15, 0.2) is 59.7 Å². The summed E-state index contributed by atoms with van der Waals surface area (Å²) in [4.78, 5) is 148. The molecule has 3 aromatic rings. The van der Waals surface area contributed by atoms with E-state index >= 15 is 0 Å². The van der Waals surface area contributed by atoms with Gasteiger partial charge in [-0.25, -0.2) is 8.78 Å². The van der Waals surface area contributed by atoms with Crippen LogP contribution in [0.1, 0.15) is 98.5 Å². The number of nitrogens with zero attached hydrogens (tertiary/aromatic N) is 8. The molecule has 0 saturated carbocycles. The monoisotopic (exact) mass is 1320 g/mol. The van der Waals surface area contributed by atoms with E-state index in [-0.39, 0.29) is 109 Å². The smallest absolute Gasteiger partial charge is 0.317 e. The summed E-state index contributed by atoms with van der Waals surface area (Å²) >= 11 is 0. The Labute approximate surface area is 546 Å². The number of hydrogen-bond donors (Lipinski definition) is 7. The lowest BCUT2D eigenvalue weighted by molar-refractivity contribution is -0.147. The van der Waals surface area contributed by atoms with Crippen molar-refractivity contribution in [3.8, 4) is 5.75 Å². The molecule has 3 atom stereocenters. The summed E-state index contributed by atoms with van der Waals surface area (Å²) in [5.41, 5.74) is 2.99. The molecule has 0 aliphatic carbocycles. The first kappa shape index (κ1) is 74.8. The van der Waals surface area contributed by atoms with Gasteiger partial charge in [-0.15, -0.1) is 0 Å². The number of aromatic nitrogens is 1. The summed E-state index contributed by atoms with van der Waals surface area (Å²) in [5.74, 6) is -9.65. The Morgan fingerprint density at radius 2 is 1.34 bits per heavy atom. The lowest BCUT2D eigenvalue weighted by Crippen LogP contribution is -2.57. The molecule has 0 unspecified atom stereocenters. The van der Waals surface area contributed by atoms with E-state index in [1.165, 1.54) is 25.5 Å². The van der Waals surface area contributed by atoms with Gasteiger partial charge in [0.05, 0.1) is 76.5 Å². The summed E-state index contributed by atoms with van der Waals surface area (Å²) in [6.45, 7) is 1.96. The van der Waals surface area contributed by atoms with Gasteiger partial charge in [0, 0.05) is 110 Å². The number of hydrogen-bond acceptors (Lipinski definition) is 18. The van der Waals surface area contributed by atoms with Crippen molar-refractivity contribution >= 4 is 76.4 Å². The predicted molar refractivity (Wildman–Crippen MR) is 342 cm³/mol. The Morgan fingerprint density at radius 1 is 0.723 bits per heavy atom. The number of esters is 1. The number of carbonyl (C=O) groups is 10. The van der Waals surface area contributed by atoms with E-state index in [2.05, 4.69) is 31.2 Å². The fourth-order valence-electron chi connectivity index (χ4n) is 11.8. The Morgan fingerprint density at radius 3 is 1.94 bits per heavy atom. The number of pyridine rings is 1. The maximum atomic E-state index is 14.5. The first-order valence-corrected chi connectivity index (χ1v) is 32.2. The number of benzene rings is 2. The average molecular weight is 1320 g/mol. The molecule has 0 spiro atoms. The number of piperidine rings is 1. The first-order valence-electron chi connectivity index (χ1n) is 32.2. The number of ether oxygens (including phenoxy) is 2. The van der Waals surface area contributed by atoms with Crippen LogP contribution in [0.25, 0.3) is 10.9 Å². The number of aliphatic imine (C=N–C) groups is 1. The van der Waals surface area contributed by atoms with Crippen LogP contribution in [-0.4, -0.2) is 271 Å². The molecule has 6 amide bonds. The Balaban J connectivity index is 1.04. The topological polar surface area (TPSA) is 343 Å². The second-order valence-electron chi connectivity index (χ2n) is 24.3. The number of carbonyl (C=O) groups excluding carboxylic acids is 7. The maximum Gasteiger partial charge on any atom is 0.317 e. The van der Waals surface area contributed by atoms with Crippen LogP contribution in [0.3, 0.4) is 0 Å². The average Bonchev–Trinajstić information content (AvgIpc) is 1.20. The molecular formula is C65H92F2N12O15. The van der Waals surface area contributed by atoms with Gasteiger partial charge in [0.1, 0.15) is 17.8 Å². The number of carboxylic acid groups (broad SMARTS) is 3. The molecule has 3 aliphatic rings. The summed E-state index contributed by atoms with van der Waals surface area (Å²) in [7, 11) is 2.60. The lowest BCUT2D eigenvalue weighted by Gasteiger charge is -2.35. The number of aryl methyl sites for hydroxylation is 2. The van der Waals surface area contributed by atoms with Gasteiger partial charge in [-0.05, 0) is 100 Å². The second-order valence-corrected chi connectivity index (χ2v) is 24.3. The van der Waals surface area contributed by atoms with E-state index in [1.54, 1.807) is 42.7 Å². The predicted octanol–water partition coefficient (Wildman–Crippen LogP) is 2.32. The standard InChI is InChI=1S/C65H92F2N12O15/c1-45-13-15-46(16-14-45)10-8-12-55(80)70-22-6-4-11-53(72-56(81)40-74-26-28-75(41-58(83)84)30-32-77(43-60(87)88)33-31-76(29-27-74)42-59(85)86)63(91)73-54(36-61(89)93-3)64(92)78-24-20-47(21-25-78)9-5-7-34-94-49-17-18-52-51(35-49)50(19-23-69-52)62(90)71-39-57(82)79-44-65(66,67)37-48(79)38-68-2/h13-19,23,35,38,47-48,53-54H,4-12,20-22,24-34,36-37,39-44H2,1-3H3,(H,70,80)(H,71,90)(H,72,81)(H,73,91)(H,83,84)(H,85,86)(H,87,88)/t48-,53+,54+/m1/s1. The largest absolute Gasteiger partial charge is 0.494 e. The van der Waals surface area contributed by atoms with Crippen LogP contribution >= 0.6 is 0 Å². The van der Waals surface area contributed by atoms with Crippen LogP contribution in [0.4, 0.5) is 8.78 Å². The third-order valence-corrected chi connectivity index (χ3v) is 17.0. The SMILES string of the molecule is CN=C[C@H]1CC(F)(F)CN1C(=O)CNC(=O)c1ccnc2ccc(OCCCCC3CCN(C(=O)[C@H](CC(=O)OC)NC(=O)[C@H](CCCCNC(=O)CCCc4ccc(C)cc4)NC(=O)CN4CCN(CC(=O)O)CCN(CC(=O)O)CCN(CC(=O)O)CC4)CC3)cc12. The van der Waals surface area contributed by atoms with E-state index < -0.39 is 103 Å². The molecular weight excluding hydrogens is 1230 g/mol. The third-order valence-electron chi connectivity index (χ3n) is 17.0. The molecule has 4 heterocycles. The normalized spacial score (nSPS) is 17.9. The van der Waals surface area contributed by atoms with E-state index in [9.17, 15) is 72.0 Å². The van der Waals surface area contributed by atoms with Crippen molar-refractivity contribution in [3.05, 3.63) is 71.4 Å². The van der Waals surface area contributed by atoms with E-state index in [0.29, 0.717) is 81.3 Å². The van der Waals surface area contributed by atoms with E-state index in [1.807, 2.05) is 31.2 Å². The van der Waals surface area contributed by atoms with Gasteiger partial charge < -0.3 is 55.9 Å². The van der Waals surface area contributed by atoms with Crippen molar-refractivity contribution in [2.24, 2.45) is 10.9 Å². The van der Waals surface area contributed by atoms with Gasteiger partial charge in [-0.2, -0.15) is 0 Å². The third kappa shape index (κ3) is 25.9. The number of rotatable bonds is 33. The molecule has 3 fully saturated rings. The van der Waals surface area contributed by atoms with Gasteiger partial charge in [-0.3, -0.25) is 77.5 Å². The lowest BCUT2D eigenvalue weighted by atomic mass is 9.91. The first-order chi connectivity index (χ1) is 45.0. The number of alkyl halides is 2. The van der Waals surface area contributed by atoms with Crippen LogP contribution in [0.5, 0.6) is 5.75 Å². The molecule has 0 bridgehead atoms. The minimum Gasteiger partial charge on any atom is -0.494 e. The zero-order valence-electron chi connectivity index (χ0n) is 54.1. The highest BCUT2D eigenvalue weighted by molar-refractivity contribution is 6.07. The highest BCUT2D eigenvalue weighted by Crippen LogP contribution is 2.32. The minimum atomic E-state index is -3.07.